The van der Waals surface area contributed by atoms with Crippen molar-refractivity contribution in [2.75, 3.05) is 20.1 Å². The lowest BCUT2D eigenvalue weighted by Gasteiger charge is -2.28. The molecule has 1 aliphatic heterocycles. The van der Waals surface area contributed by atoms with Gasteiger partial charge in [-0.05, 0) is 38.9 Å². The lowest BCUT2D eigenvalue weighted by atomic mass is 9.89. The molecule has 2 heteroatoms. The van der Waals surface area contributed by atoms with Crippen LogP contribution in [0.1, 0.15) is 29.9 Å². The van der Waals surface area contributed by atoms with E-state index in [1.54, 1.807) is 0 Å². The molecule has 1 saturated heterocycles. The number of likely N-dealkylation sites (N-methyl/N-ethyl adjacent to an activating group) is 1. The van der Waals surface area contributed by atoms with Gasteiger partial charge in [0.2, 0.25) is 0 Å². The summed E-state index contributed by atoms with van der Waals surface area (Å²) in [5.41, 5.74) is 8.67. The van der Waals surface area contributed by atoms with Gasteiger partial charge in [-0.2, -0.15) is 0 Å². The van der Waals surface area contributed by atoms with Gasteiger partial charge in [-0.25, -0.2) is 0 Å². The van der Waals surface area contributed by atoms with Crippen LogP contribution in [0.25, 0.3) is 0 Å². The van der Waals surface area contributed by atoms with Gasteiger partial charge in [0.1, 0.15) is 0 Å². The molecule has 0 saturated carbocycles. The summed E-state index contributed by atoms with van der Waals surface area (Å²) in [6.45, 7) is 4.09. The normalized spacial score (nSPS) is 23.6. The summed E-state index contributed by atoms with van der Waals surface area (Å²) in [6, 6.07) is 9.48. The van der Waals surface area contributed by atoms with Crippen LogP contribution in [0.15, 0.2) is 24.3 Å². The first-order chi connectivity index (χ1) is 7.72. The van der Waals surface area contributed by atoms with Gasteiger partial charge in [0.15, 0.2) is 0 Å². The van der Waals surface area contributed by atoms with Gasteiger partial charge in [-0.1, -0.05) is 29.8 Å². The monoisotopic (exact) mass is 218 g/mol. The molecule has 1 aromatic carbocycles. The molecule has 0 bridgehead atoms. The molecule has 16 heavy (non-hydrogen) atoms. The Hall–Kier alpha value is -0.860. The first-order valence-corrected chi connectivity index (χ1v) is 6.19. The quantitative estimate of drug-likeness (QED) is 0.842. The van der Waals surface area contributed by atoms with Crippen molar-refractivity contribution in [1.29, 1.82) is 0 Å². The van der Waals surface area contributed by atoms with Gasteiger partial charge in [-0.3, -0.25) is 0 Å². The molecule has 1 aliphatic rings. The first kappa shape index (κ1) is 11.6. The highest BCUT2D eigenvalue weighted by molar-refractivity contribution is 5.26. The summed E-state index contributed by atoms with van der Waals surface area (Å²) in [4.78, 5) is 2.46. The minimum atomic E-state index is 0.494. The fraction of sp³-hybridized carbons (Fsp3) is 0.571. The van der Waals surface area contributed by atoms with E-state index in [1.165, 1.54) is 30.5 Å². The highest BCUT2D eigenvalue weighted by Crippen LogP contribution is 2.29. The van der Waals surface area contributed by atoms with Crippen LogP contribution in [0.2, 0.25) is 0 Å². The molecule has 0 aromatic heterocycles. The third kappa shape index (κ3) is 2.28. The van der Waals surface area contributed by atoms with E-state index in [0.717, 1.165) is 6.54 Å². The summed E-state index contributed by atoms with van der Waals surface area (Å²) in [7, 11) is 2.22. The van der Waals surface area contributed by atoms with Gasteiger partial charge < -0.3 is 10.6 Å². The molecule has 1 heterocycles. The maximum absolute atomic E-state index is 5.96. The van der Waals surface area contributed by atoms with E-state index >= 15 is 0 Å². The Morgan fingerprint density at radius 2 is 2.06 bits per heavy atom. The second-order valence-electron chi connectivity index (χ2n) is 4.94. The fourth-order valence-electron chi connectivity index (χ4n) is 2.77. The van der Waals surface area contributed by atoms with Crippen molar-refractivity contribution >= 4 is 0 Å². The molecule has 2 atom stereocenters. The van der Waals surface area contributed by atoms with E-state index in [4.69, 9.17) is 5.73 Å². The third-order valence-corrected chi connectivity index (χ3v) is 3.80. The van der Waals surface area contributed by atoms with Crippen LogP contribution in [0.5, 0.6) is 0 Å². The second-order valence-corrected chi connectivity index (χ2v) is 4.94. The average Bonchev–Trinajstić information content (AvgIpc) is 2.69. The van der Waals surface area contributed by atoms with Crippen molar-refractivity contribution in [1.82, 2.24) is 4.90 Å². The van der Waals surface area contributed by atoms with Crippen LogP contribution >= 0.6 is 0 Å². The van der Waals surface area contributed by atoms with Crippen LogP contribution in [0.4, 0.5) is 0 Å². The number of hydrogen-bond acceptors (Lipinski definition) is 2. The van der Waals surface area contributed by atoms with E-state index in [9.17, 15) is 0 Å². The Morgan fingerprint density at radius 1 is 1.38 bits per heavy atom. The van der Waals surface area contributed by atoms with Crippen molar-refractivity contribution in [3.8, 4) is 0 Å². The lowest BCUT2D eigenvalue weighted by molar-refractivity contribution is 0.273. The zero-order valence-corrected chi connectivity index (χ0v) is 10.3. The summed E-state index contributed by atoms with van der Waals surface area (Å²) >= 11 is 0. The van der Waals surface area contributed by atoms with Crippen molar-refractivity contribution in [3.05, 3.63) is 35.4 Å². The number of benzene rings is 1. The molecule has 1 aromatic rings. The molecule has 2 nitrogen and oxygen atoms in total. The van der Waals surface area contributed by atoms with E-state index < -0.39 is 0 Å². The molecule has 1 fully saturated rings. The van der Waals surface area contributed by atoms with Crippen molar-refractivity contribution in [2.24, 2.45) is 5.73 Å². The molecule has 0 spiro atoms. The first-order valence-electron chi connectivity index (χ1n) is 6.19. The minimum Gasteiger partial charge on any atom is -0.330 e. The molecule has 2 unspecified atom stereocenters. The molecule has 2 rings (SSSR count). The molecule has 0 radical (unpaired) electrons. The fourth-order valence-corrected chi connectivity index (χ4v) is 2.77. The third-order valence-electron chi connectivity index (χ3n) is 3.80. The molecule has 0 aliphatic carbocycles. The van der Waals surface area contributed by atoms with Crippen LogP contribution in [0.3, 0.4) is 0 Å². The highest BCUT2D eigenvalue weighted by atomic mass is 15.2. The van der Waals surface area contributed by atoms with Gasteiger partial charge in [0, 0.05) is 18.5 Å². The summed E-state index contributed by atoms with van der Waals surface area (Å²) in [5.74, 6) is 0.494. The summed E-state index contributed by atoms with van der Waals surface area (Å²) in [5, 5.41) is 0. The Kier molecular flexibility index (Phi) is 3.62. The maximum atomic E-state index is 5.96. The maximum Gasteiger partial charge on any atom is 0.0173 e. The number of hydrogen-bond donors (Lipinski definition) is 1. The van der Waals surface area contributed by atoms with E-state index in [-0.39, 0.29) is 0 Å². The topological polar surface area (TPSA) is 29.3 Å². The zero-order valence-electron chi connectivity index (χ0n) is 10.3. The zero-order chi connectivity index (χ0) is 11.5. The van der Waals surface area contributed by atoms with E-state index in [2.05, 4.69) is 43.1 Å². The summed E-state index contributed by atoms with van der Waals surface area (Å²) < 4.78 is 0. The van der Waals surface area contributed by atoms with Crippen LogP contribution < -0.4 is 5.73 Å². The Morgan fingerprint density at radius 3 is 2.56 bits per heavy atom. The van der Waals surface area contributed by atoms with Crippen LogP contribution in [-0.2, 0) is 0 Å². The average molecular weight is 218 g/mol. The molecular formula is C14H22N2. The van der Waals surface area contributed by atoms with Gasteiger partial charge in [0.05, 0.1) is 0 Å². The molecular weight excluding hydrogens is 196 g/mol. The SMILES string of the molecule is Cc1ccc(C(CN)C2CCCN2C)cc1. The number of nitrogens with zero attached hydrogens (tertiary/aromatic N) is 1. The van der Waals surface area contributed by atoms with Crippen LogP contribution in [0, 0.1) is 6.92 Å². The number of rotatable bonds is 3. The molecule has 2 N–H and O–H groups in total. The van der Waals surface area contributed by atoms with E-state index in [0.29, 0.717) is 12.0 Å². The number of nitrogens with two attached hydrogens (primary N) is 1. The minimum absolute atomic E-state index is 0.494. The Balaban J connectivity index is 2.18. The predicted octanol–water partition coefficient (Wildman–Crippen LogP) is 2.13. The molecule has 88 valence electrons. The van der Waals surface area contributed by atoms with Crippen molar-refractivity contribution in [2.45, 2.75) is 31.7 Å². The smallest absolute Gasteiger partial charge is 0.0173 e. The van der Waals surface area contributed by atoms with Crippen molar-refractivity contribution in [3.63, 3.8) is 0 Å². The highest BCUT2D eigenvalue weighted by Gasteiger charge is 2.29. The second kappa shape index (κ2) is 4.98. The van der Waals surface area contributed by atoms with Gasteiger partial charge in [0.25, 0.3) is 0 Å². The van der Waals surface area contributed by atoms with Crippen LogP contribution in [-0.4, -0.2) is 31.1 Å². The standard InChI is InChI=1S/C14H22N2/c1-11-5-7-12(8-6-11)13(10-15)14-4-3-9-16(14)2/h5-8,13-14H,3-4,9-10,15H2,1-2H3. The predicted molar refractivity (Wildman–Crippen MR) is 68.6 cm³/mol. The van der Waals surface area contributed by atoms with E-state index in [1.807, 2.05) is 0 Å². The summed E-state index contributed by atoms with van der Waals surface area (Å²) in [6.07, 6.45) is 2.59. The molecule has 0 amide bonds. The largest absolute Gasteiger partial charge is 0.330 e. The number of likely N-dealkylation sites (tertiary alicyclic amines) is 1. The lowest BCUT2D eigenvalue weighted by Crippen LogP contribution is -2.35. The number of aryl methyl sites for hydroxylation is 1. The van der Waals surface area contributed by atoms with Gasteiger partial charge in [-0.15, -0.1) is 0 Å². The Bertz CT molecular complexity index is 331. The van der Waals surface area contributed by atoms with Crippen molar-refractivity contribution < 1.29 is 0 Å². The Labute approximate surface area is 98.4 Å². The van der Waals surface area contributed by atoms with Gasteiger partial charge >= 0.3 is 0 Å².